The monoisotopic (exact) mass is 384 g/mol. The van der Waals surface area contributed by atoms with E-state index in [2.05, 4.69) is 10.2 Å². The summed E-state index contributed by atoms with van der Waals surface area (Å²) in [4.78, 5) is 15.2. The molecule has 4 rings (SSSR count). The first kappa shape index (κ1) is 17.7. The minimum atomic E-state index is -0.287. The summed E-state index contributed by atoms with van der Waals surface area (Å²) in [5, 5.41) is 4.43. The minimum absolute atomic E-state index is 0.287. The van der Waals surface area contributed by atoms with Gasteiger partial charge in [-0.3, -0.25) is 4.79 Å². The van der Waals surface area contributed by atoms with Crippen molar-refractivity contribution in [2.75, 3.05) is 30.4 Å². The van der Waals surface area contributed by atoms with E-state index in [0.29, 0.717) is 22.1 Å². The SMILES string of the molecule is COc1ccc2oc(C(=O)Nc3cc(Cl)ccc3N3CCCC3)c(C)c2c1. The molecule has 0 atom stereocenters. The Morgan fingerprint density at radius 1 is 1.19 bits per heavy atom. The maximum atomic E-state index is 12.9. The first-order chi connectivity index (χ1) is 13.1. The molecule has 0 unspecified atom stereocenters. The van der Waals surface area contributed by atoms with Crippen molar-refractivity contribution in [1.82, 2.24) is 0 Å². The highest BCUT2D eigenvalue weighted by atomic mass is 35.5. The molecular weight excluding hydrogens is 364 g/mol. The number of carbonyl (C=O) groups is 1. The number of fused-ring (bicyclic) bond motifs is 1. The molecule has 0 aliphatic carbocycles. The van der Waals surface area contributed by atoms with Crippen LogP contribution < -0.4 is 15.0 Å². The van der Waals surface area contributed by atoms with Crippen LogP contribution in [0, 0.1) is 6.92 Å². The van der Waals surface area contributed by atoms with Gasteiger partial charge in [0.1, 0.15) is 11.3 Å². The lowest BCUT2D eigenvalue weighted by Gasteiger charge is -2.21. The van der Waals surface area contributed by atoms with Crippen molar-refractivity contribution in [1.29, 1.82) is 0 Å². The topological polar surface area (TPSA) is 54.7 Å². The van der Waals surface area contributed by atoms with Gasteiger partial charge in [0.2, 0.25) is 0 Å². The number of amides is 1. The van der Waals surface area contributed by atoms with Gasteiger partial charge in [-0.2, -0.15) is 0 Å². The fourth-order valence-electron chi connectivity index (χ4n) is 3.56. The van der Waals surface area contributed by atoms with E-state index in [1.54, 1.807) is 13.2 Å². The number of aryl methyl sites for hydroxylation is 1. The third-order valence-corrected chi connectivity index (χ3v) is 5.24. The number of hydrogen-bond donors (Lipinski definition) is 1. The second-order valence-corrected chi connectivity index (χ2v) is 7.16. The van der Waals surface area contributed by atoms with Crippen LogP contribution in [-0.4, -0.2) is 26.1 Å². The van der Waals surface area contributed by atoms with Crippen molar-refractivity contribution < 1.29 is 13.9 Å². The lowest BCUT2D eigenvalue weighted by Crippen LogP contribution is -2.21. The Labute approximate surface area is 162 Å². The first-order valence-electron chi connectivity index (χ1n) is 9.00. The molecule has 1 aliphatic heterocycles. The van der Waals surface area contributed by atoms with Gasteiger partial charge in [0, 0.05) is 29.1 Å². The molecule has 0 spiro atoms. The molecule has 140 valence electrons. The lowest BCUT2D eigenvalue weighted by atomic mass is 10.1. The van der Waals surface area contributed by atoms with Crippen LogP contribution in [-0.2, 0) is 0 Å². The number of methoxy groups -OCH3 is 1. The van der Waals surface area contributed by atoms with Crippen LogP contribution >= 0.6 is 11.6 Å². The molecule has 5 nitrogen and oxygen atoms in total. The smallest absolute Gasteiger partial charge is 0.291 e. The lowest BCUT2D eigenvalue weighted by molar-refractivity contribution is 0.0998. The van der Waals surface area contributed by atoms with Crippen molar-refractivity contribution in [3.8, 4) is 5.75 Å². The highest BCUT2D eigenvalue weighted by Gasteiger charge is 2.21. The van der Waals surface area contributed by atoms with E-state index in [-0.39, 0.29) is 5.91 Å². The number of carbonyl (C=O) groups excluding carboxylic acids is 1. The molecular formula is C21H21ClN2O3. The average Bonchev–Trinajstić information content (AvgIpc) is 3.30. The zero-order chi connectivity index (χ0) is 19.0. The molecule has 3 aromatic rings. The van der Waals surface area contributed by atoms with Crippen LogP contribution in [0.4, 0.5) is 11.4 Å². The van der Waals surface area contributed by atoms with Crippen LogP contribution in [0.1, 0.15) is 29.0 Å². The minimum Gasteiger partial charge on any atom is -0.497 e. The number of halogens is 1. The van der Waals surface area contributed by atoms with Gasteiger partial charge in [0.05, 0.1) is 18.5 Å². The summed E-state index contributed by atoms with van der Waals surface area (Å²) < 4.78 is 11.1. The average molecular weight is 385 g/mol. The number of ether oxygens (including phenoxy) is 1. The standard InChI is InChI=1S/C21H21ClN2O3/c1-13-16-12-15(26-2)6-8-19(16)27-20(13)21(25)23-17-11-14(22)5-7-18(17)24-9-3-4-10-24/h5-8,11-12H,3-4,9-10H2,1-2H3,(H,23,25). The normalized spacial score (nSPS) is 14.0. The van der Waals surface area contributed by atoms with Crippen LogP contribution in [0.2, 0.25) is 5.02 Å². The van der Waals surface area contributed by atoms with E-state index in [4.69, 9.17) is 20.8 Å². The molecule has 1 amide bonds. The second-order valence-electron chi connectivity index (χ2n) is 6.73. The van der Waals surface area contributed by atoms with E-state index in [1.165, 1.54) is 0 Å². The molecule has 0 bridgehead atoms. The molecule has 0 saturated carbocycles. The third kappa shape index (κ3) is 3.35. The third-order valence-electron chi connectivity index (χ3n) is 5.00. The predicted octanol–water partition coefficient (Wildman–Crippen LogP) is 5.26. The molecule has 1 fully saturated rings. The van der Waals surface area contributed by atoms with Gasteiger partial charge < -0.3 is 19.4 Å². The fourth-order valence-corrected chi connectivity index (χ4v) is 3.74. The van der Waals surface area contributed by atoms with Gasteiger partial charge in [0.15, 0.2) is 5.76 Å². The van der Waals surface area contributed by atoms with E-state index in [9.17, 15) is 4.79 Å². The van der Waals surface area contributed by atoms with Crippen LogP contribution in [0.5, 0.6) is 5.75 Å². The Hall–Kier alpha value is -2.66. The quantitative estimate of drug-likeness (QED) is 0.667. The van der Waals surface area contributed by atoms with Crippen LogP contribution in [0.15, 0.2) is 40.8 Å². The second kappa shape index (κ2) is 7.16. The number of rotatable bonds is 4. The van der Waals surface area contributed by atoms with Crippen molar-refractivity contribution in [3.05, 3.63) is 52.7 Å². The van der Waals surface area contributed by atoms with Gasteiger partial charge in [0.25, 0.3) is 5.91 Å². The molecule has 2 heterocycles. The zero-order valence-electron chi connectivity index (χ0n) is 15.3. The Bertz CT molecular complexity index is 1010. The zero-order valence-corrected chi connectivity index (χ0v) is 16.1. The summed E-state index contributed by atoms with van der Waals surface area (Å²) in [5.41, 5.74) is 3.13. The van der Waals surface area contributed by atoms with E-state index in [0.717, 1.165) is 48.3 Å². The summed E-state index contributed by atoms with van der Waals surface area (Å²) >= 11 is 6.17. The maximum Gasteiger partial charge on any atom is 0.291 e. The fraction of sp³-hybridized carbons (Fsp3) is 0.286. The van der Waals surface area contributed by atoms with Gasteiger partial charge in [-0.1, -0.05) is 11.6 Å². The summed E-state index contributed by atoms with van der Waals surface area (Å²) in [6.07, 6.45) is 2.31. The van der Waals surface area contributed by atoms with Crippen LogP contribution in [0.25, 0.3) is 11.0 Å². The van der Waals surface area contributed by atoms with Gasteiger partial charge in [-0.25, -0.2) is 0 Å². The Kier molecular flexibility index (Phi) is 4.70. The Balaban J connectivity index is 1.67. The molecule has 27 heavy (non-hydrogen) atoms. The molecule has 0 radical (unpaired) electrons. The maximum absolute atomic E-state index is 12.9. The highest BCUT2D eigenvalue weighted by molar-refractivity contribution is 6.31. The summed E-state index contributed by atoms with van der Waals surface area (Å²) in [5.74, 6) is 0.737. The molecule has 2 aromatic carbocycles. The summed E-state index contributed by atoms with van der Waals surface area (Å²) in [7, 11) is 1.61. The van der Waals surface area contributed by atoms with Crippen molar-refractivity contribution in [3.63, 3.8) is 0 Å². The Morgan fingerprint density at radius 2 is 1.96 bits per heavy atom. The number of anilines is 2. The largest absolute Gasteiger partial charge is 0.497 e. The number of nitrogens with one attached hydrogen (secondary N) is 1. The van der Waals surface area contributed by atoms with Gasteiger partial charge in [-0.05, 0) is 56.2 Å². The number of hydrogen-bond acceptors (Lipinski definition) is 4. The Morgan fingerprint density at radius 3 is 2.70 bits per heavy atom. The van der Waals surface area contributed by atoms with E-state index < -0.39 is 0 Å². The van der Waals surface area contributed by atoms with E-state index >= 15 is 0 Å². The van der Waals surface area contributed by atoms with Gasteiger partial charge in [-0.15, -0.1) is 0 Å². The number of benzene rings is 2. The van der Waals surface area contributed by atoms with Crippen LogP contribution in [0.3, 0.4) is 0 Å². The summed E-state index contributed by atoms with van der Waals surface area (Å²) in [6, 6.07) is 11.1. The molecule has 6 heteroatoms. The predicted molar refractivity (Wildman–Crippen MR) is 108 cm³/mol. The van der Waals surface area contributed by atoms with Gasteiger partial charge >= 0.3 is 0 Å². The summed E-state index contributed by atoms with van der Waals surface area (Å²) in [6.45, 7) is 3.83. The molecule has 1 aliphatic rings. The highest BCUT2D eigenvalue weighted by Crippen LogP contribution is 2.33. The molecule has 1 saturated heterocycles. The van der Waals surface area contributed by atoms with E-state index in [1.807, 2.05) is 37.3 Å². The van der Waals surface area contributed by atoms with Crippen molar-refractivity contribution in [2.24, 2.45) is 0 Å². The first-order valence-corrected chi connectivity index (χ1v) is 9.37. The van der Waals surface area contributed by atoms with Crippen molar-refractivity contribution >= 4 is 39.9 Å². The van der Waals surface area contributed by atoms with Crippen molar-refractivity contribution in [2.45, 2.75) is 19.8 Å². The number of furan rings is 1. The molecule has 1 N–H and O–H groups in total. The molecule has 1 aromatic heterocycles. The number of nitrogens with zero attached hydrogens (tertiary/aromatic N) is 1.